The number of hydrogen-bond donors (Lipinski definition) is 2. The van der Waals surface area contributed by atoms with Gasteiger partial charge >= 0.3 is 6.09 Å². The fourth-order valence-electron chi connectivity index (χ4n) is 3.05. The first kappa shape index (κ1) is 14.6. The molecular weight excluding hydrogens is 244 g/mol. The van der Waals surface area contributed by atoms with E-state index in [0.29, 0.717) is 19.5 Å². The molecule has 1 spiro atoms. The smallest absolute Gasteiger partial charge is 0.410 e. The van der Waals surface area contributed by atoms with Crippen LogP contribution in [0.1, 0.15) is 40.0 Å². The molecule has 2 heterocycles. The van der Waals surface area contributed by atoms with Gasteiger partial charge < -0.3 is 20.1 Å². The Morgan fingerprint density at radius 3 is 2.58 bits per heavy atom. The van der Waals surface area contributed by atoms with Crippen molar-refractivity contribution in [1.82, 2.24) is 10.2 Å². The molecule has 2 fully saturated rings. The maximum Gasteiger partial charge on any atom is 0.410 e. The fourth-order valence-corrected chi connectivity index (χ4v) is 3.05. The minimum atomic E-state index is -0.464. The van der Waals surface area contributed by atoms with Crippen molar-refractivity contribution in [3.05, 3.63) is 0 Å². The van der Waals surface area contributed by atoms with Gasteiger partial charge in [-0.05, 0) is 53.1 Å². The van der Waals surface area contributed by atoms with Crippen LogP contribution >= 0.6 is 0 Å². The van der Waals surface area contributed by atoms with Gasteiger partial charge in [0.25, 0.3) is 0 Å². The van der Waals surface area contributed by atoms with Crippen molar-refractivity contribution < 1.29 is 14.6 Å². The maximum absolute atomic E-state index is 12.2. The molecule has 1 atom stereocenters. The summed E-state index contributed by atoms with van der Waals surface area (Å²) in [5.74, 6) is 0. The molecule has 1 amide bonds. The Morgan fingerprint density at radius 1 is 1.37 bits per heavy atom. The van der Waals surface area contributed by atoms with E-state index in [2.05, 4.69) is 5.32 Å². The average molecular weight is 270 g/mol. The second kappa shape index (κ2) is 5.29. The van der Waals surface area contributed by atoms with Gasteiger partial charge in [0.1, 0.15) is 5.60 Å². The van der Waals surface area contributed by atoms with Crippen molar-refractivity contribution >= 4 is 6.09 Å². The highest BCUT2D eigenvalue weighted by Crippen LogP contribution is 2.38. The second-order valence-corrected chi connectivity index (χ2v) is 6.82. The Bertz CT molecular complexity index is 332. The molecule has 0 aromatic rings. The summed E-state index contributed by atoms with van der Waals surface area (Å²) in [5.41, 5.74) is -0.602. The van der Waals surface area contributed by atoms with Crippen LogP contribution < -0.4 is 5.32 Å². The summed E-state index contributed by atoms with van der Waals surface area (Å²) in [5, 5.41) is 13.6. The van der Waals surface area contributed by atoms with Crippen LogP contribution in [-0.2, 0) is 4.74 Å². The summed E-state index contributed by atoms with van der Waals surface area (Å²) in [4.78, 5) is 13.9. The van der Waals surface area contributed by atoms with Crippen LogP contribution in [0.15, 0.2) is 0 Å². The van der Waals surface area contributed by atoms with Gasteiger partial charge in [-0.3, -0.25) is 0 Å². The monoisotopic (exact) mass is 270 g/mol. The molecule has 0 aromatic heterocycles. The normalized spacial score (nSPS) is 27.4. The number of carbonyl (C=O) groups is 1. The van der Waals surface area contributed by atoms with Crippen molar-refractivity contribution in [2.24, 2.45) is 5.41 Å². The first-order valence-corrected chi connectivity index (χ1v) is 7.19. The van der Waals surface area contributed by atoms with Gasteiger partial charge in [0.05, 0.1) is 6.10 Å². The van der Waals surface area contributed by atoms with Gasteiger partial charge in [0.15, 0.2) is 0 Å². The van der Waals surface area contributed by atoms with Crippen molar-refractivity contribution in [2.75, 3.05) is 26.2 Å². The van der Waals surface area contributed by atoms with Crippen molar-refractivity contribution in [2.45, 2.75) is 51.7 Å². The van der Waals surface area contributed by atoms with Crippen LogP contribution in [0.4, 0.5) is 4.79 Å². The van der Waals surface area contributed by atoms with E-state index in [-0.39, 0.29) is 17.6 Å². The molecule has 1 unspecified atom stereocenters. The number of carbonyl (C=O) groups excluding carboxylic acids is 1. The predicted molar refractivity (Wildman–Crippen MR) is 73.0 cm³/mol. The van der Waals surface area contributed by atoms with Crippen LogP contribution in [-0.4, -0.2) is 54.0 Å². The van der Waals surface area contributed by atoms with Crippen LogP contribution in [0.5, 0.6) is 0 Å². The van der Waals surface area contributed by atoms with Gasteiger partial charge in [-0.2, -0.15) is 0 Å². The summed E-state index contributed by atoms with van der Waals surface area (Å²) in [6, 6.07) is 0. The van der Waals surface area contributed by atoms with Crippen molar-refractivity contribution in [3.8, 4) is 0 Å². The van der Waals surface area contributed by atoms with Gasteiger partial charge in [-0.15, -0.1) is 0 Å². The molecule has 0 aliphatic carbocycles. The van der Waals surface area contributed by atoms with E-state index in [1.54, 1.807) is 4.90 Å². The van der Waals surface area contributed by atoms with E-state index in [4.69, 9.17) is 4.74 Å². The summed E-state index contributed by atoms with van der Waals surface area (Å²) in [6.07, 6.45) is 1.95. The Morgan fingerprint density at radius 2 is 2.00 bits per heavy atom. The van der Waals surface area contributed by atoms with E-state index in [0.717, 1.165) is 25.9 Å². The minimum absolute atomic E-state index is 0.138. The standard InChI is InChI=1S/C14H26N2O3/c1-13(2,3)19-12(18)16-9-4-11(17)14(10-16)5-7-15-8-6-14/h11,15,17H,4-10H2,1-3H3. The van der Waals surface area contributed by atoms with Gasteiger partial charge in [-0.1, -0.05) is 0 Å². The lowest BCUT2D eigenvalue weighted by Gasteiger charge is -2.48. The Labute approximate surface area is 115 Å². The van der Waals surface area contributed by atoms with Crippen LogP contribution in [0.2, 0.25) is 0 Å². The van der Waals surface area contributed by atoms with Gasteiger partial charge in [0.2, 0.25) is 0 Å². The summed E-state index contributed by atoms with van der Waals surface area (Å²) in [6.45, 7) is 8.67. The summed E-state index contributed by atoms with van der Waals surface area (Å²) >= 11 is 0. The molecular formula is C14H26N2O3. The largest absolute Gasteiger partial charge is 0.444 e. The molecule has 2 rings (SSSR count). The van der Waals surface area contributed by atoms with Crippen LogP contribution in [0.3, 0.4) is 0 Å². The number of rotatable bonds is 0. The first-order valence-electron chi connectivity index (χ1n) is 7.19. The van der Waals surface area contributed by atoms with Gasteiger partial charge in [0, 0.05) is 18.5 Å². The molecule has 0 radical (unpaired) electrons. The lowest BCUT2D eigenvalue weighted by atomic mass is 9.71. The third-order valence-corrected chi connectivity index (χ3v) is 4.14. The molecule has 0 aromatic carbocycles. The zero-order chi connectivity index (χ0) is 14.1. The quantitative estimate of drug-likeness (QED) is 0.697. The third kappa shape index (κ3) is 3.39. The lowest BCUT2D eigenvalue weighted by Crippen LogP contribution is -2.57. The first-order chi connectivity index (χ1) is 8.82. The number of likely N-dealkylation sites (tertiary alicyclic amines) is 1. The zero-order valence-corrected chi connectivity index (χ0v) is 12.2. The predicted octanol–water partition coefficient (Wildman–Crippen LogP) is 1.36. The van der Waals surface area contributed by atoms with E-state index < -0.39 is 5.60 Å². The van der Waals surface area contributed by atoms with Crippen molar-refractivity contribution in [1.29, 1.82) is 0 Å². The fraction of sp³-hybridized carbons (Fsp3) is 0.929. The maximum atomic E-state index is 12.2. The SMILES string of the molecule is CC(C)(C)OC(=O)N1CCC(O)C2(CCNCC2)C1. The molecule has 0 bridgehead atoms. The van der Waals surface area contributed by atoms with E-state index in [1.807, 2.05) is 20.8 Å². The topological polar surface area (TPSA) is 61.8 Å². The van der Waals surface area contributed by atoms with E-state index in [1.165, 1.54) is 0 Å². The second-order valence-electron chi connectivity index (χ2n) is 6.82. The highest BCUT2D eigenvalue weighted by atomic mass is 16.6. The molecule has 2 aliphatic heterocycles. The molecule has 2 N–H and O–H groups in total. The number of aliphatic hydroxyl groups is 1. The molecule has 2 saturated heterocycles. The summed E-state index contributed by atoms with van der Waals surface area (Å²) < 4.78 is 5.44. The van der Waals surface area contributed by atoms with Crippen LogP contribution in [0, 0.1) is 5.41 Å². The molecule has 0 saturated carbocycles. The summed E-state index contributed by atoms with van der Waals surface area (Å²) in [7, 11) is 0. The van der Waals surface area contributed by atoms with Crippen LogP contribution in [0.25, 0.3) is 0 Å². The molecule has 5 heteroatoms. The Kier molecular flexibility index (Phi) is 4.06. The lowest BCUT2D eigenvalue weighted by molar-refractivity contribution is -0.0672. The Balaban J connectivity index is 2.02. The number of aliphatic hydroxyl groups excluding tert-OH is 1. The number of amides is 1. The number of nitrogens with zero attached hydrogens (tertiary/aromatic N) is 1. The molecule has 19 heavy (non-hydrogen) atoms. The van der Waals surface area contributed by atoms with E-state index >= 15 is 0 Å². The molecule has 110 valence electrons. The highest BCUT2D eigenvalue weighted by Gasteiger charge is 2.45. The highest BCUT2D eigenvalue weighted by molar-refractivity contribution is 5.68. The Hall–Kier alpha value is -0.810. The number of piperidine rings is 2. The van der Waals surface area contributed by atoms with Crippen molar-refractivity contribution in [3.63, 3.8) is 0 Å². The molecule has 2 aliphatic rings. The number of hydrogen-bond acceptors (Lipinski definition) is 4. The van der Waals surface area contributed by atoms with E-state index in [9.17, 15) is 9.90 Å². The molecule has 5 nitrogen and oxygen atoms in total. The number of ether oxygens (including phenoxy) is 1. The average Bonchev–Trinajstić information content (AvgIpc) is 2.32. The third-order valence-electron chi connectivity index (χ3n) is 4.14. The minimum Gasteiger partial charge on any atom is -0.444 e. The number of nitrogens with one attached hydrogen (secondary N) is 1. The zero-order valence-electron chi connectivity index (χ0n) is 12.2. The van der Waals surface area contributed by atoms with Gasteiger partial charge in [-0.25, -0.2) is 4.79 Å².